The molecule has 0 radical (unpaired) electrons. The molecule has 4 heteroatoms. The van der Waals surface area contributed by atoms with Gasteiger partial charge in [-0.3, -0.25) is 4.79 Å². The van der Waals surface area contributed by atoms with Crippen LogP contribution >= 0.6 is 0 Å². The third-order valence-corrected chi connectivity index (χ3v) is 3.91. The molecule has 0 bridgehead atoms. The maximum Gasteiger partial charge on any atom is 0.191 e. The van der Waals surface area contributed by atoms with Crippen LogP contribution < -0.4 is 0 Å². The molecule has 4 nitrogen and oxygen atoms in total. The number of aliphatic hydroxyl groups is 3. The lowest BCUT2D eigenvalue weighted by molar-refractivity contribution is -0.137. The van der Waals surface area contributed by atoms with E-state index < -0.39 is 24.6 Å². The fraction of sp³-hybridized carbons (Fsp3) is 0.941. The van der Waals surface area contributed by atoms with Crippen LogP contribution in [0.2, 0.25) is 0 Å². The summed E-state index contributed by atoms with van der Waals surface area (Å²) in [6.45, 7) is 1.61. The van der Waals surface area contributed by atoms with E-state index in [9.17, 15) is 9.90 Å². The molecule has 0 aromatic heterocycles. The van der Waals surface area contributed by atoms with E-state index in [-0.39, 0.29) is 0 Å². The lowest BCUT2D eigenvalue weighted by Gasteiger charge is -2.12. The van der Waals surface area contributed by atoms with E-state index in [0.717, 1.165) is 19.3 Å². The number of unbranched alkanes of at least 4 members (excludes halogenated alkanes) is 10. The van der Waals surface area contributed by atoms with Crippen LogP contribution in [-0.2, 0) is 4.79 Å². The van der Waals surface area contributed by atoms with E-state index in [1.807, 2.05) is 0 Å². The summed E-state index contributed by atoms with van der Waals surface area (Å²) in [5, 5.41) is 27.3. The molecule has 0 rings (SSSR count). The van der Waals surface area contributed by atoms with Gasteiger partial charge in [0.2, 0.25) is 0 Å². The molecule has 0 saturated heterocycles. The lowest BCUT2D eigenvalue weighted by atomic mass is 10.0. The molecule has 0 fully saturated rings. The van der Waals surface area contributed by atoms with Gasteiger partial charge in [0.25, 0.3) is 0 Å². The van der Waals surface area contributed by atoms with Gasteiger partial charge in [0, 0.05) is 0 Å². The van der Waals surface area contributed by atoms with Crippen LogP contribution in [0.4, 0.5) is 0 Å². The molecule has 0 saturated carbocycles. The number of aliphatic hydroxyl groups excluding tert-OH is 3. The van der Waals surface area contributed by atoms with Gasteiger partial charge in [-0.15, -0.1) is 0 Å². The van der Waals surface area contributed by atoms with E-state index in [1.54, 1.807) is 0 Å². The summed E-state index contributed by atoms with van der Waals surface area (Å²) in [6.07, 6.45) is 11.3. The van der Waals surface area contributed by atoms with Crippen LogP contribution in [0.1, 0.15) is 84.0 Å². The topological polar surface area (TPSA) is 77.8 Å². The van der Waals surface area contributed by atoms with Crippen molar-refractivity contribution in [1.29, 1.82) is 0 Å². The molecule has 0 aromatic rings. The summed E-state index contributed by atoms with van der Waals surface area (Å²) in [7, 11) is 0. The second kappa shape index (κ2) is 14.5. The van der Waals surface area contributed by atoms with E-state index >= 15 is 0 Å². The molecule has 3 N–H and O–H groups in total. The fourth-order valence-electron chi connectivity index (χ4n) is 2.46. The average Bonchev–Trinajstić information content (AvgIpc) is 2.50. The van der Waals surface area contributed by atoms with Crippen molar-refractivity contribution in [1.82, 2.24) is 0 Å². The lowest BCUT2D eigenvalue weighted by Crippen LogP contribution is -2.34. The highest BCUT2D eigenvalue weighted by Gasteiger charge is 2.21. The summed E-state index contributed by atoms with van der Waals surface area (Å²) >= 11 is 0. The average molecular weight is 302 g/mol. The van der Waals surface area contributed by atoms with Crippen molar-refractivity contribution >= 4 is 5.78 Å². The normalized spacial score (nSPS) is 14.1. The van der Waals surface area contributed by atoms with E-state index in [2.05, 4.69) is 6.92 Å². The Morgan fingerprint density at radius 2 is 1.19 bits per heavy atom. The van der Waals surface area contributed by atoms with Crippen LogP contribution in [0.25, 0.3) is 0 Å². The first kappa shape index (κ1) is 20.6. The molecule has 0 aliphatic carbocycles. The Bertz CT molecular complexity index is 243. The maximum atomic E-state index is 11.3. The van der Waals surface area contributed by atoms with Crippen molar-refractivity contribution < 1.29 is 20.1 Å². The van der Waals surface area contributed by atoms with Crippen molar-refractivity contribution in [2.45, 2.75) is 96.2 Å². The first-order valence-electron chi connectivity index (χ1n) is 8.64. The molecule has 0 aromatic carbocycles. The predicted octanol–water partition coefficient (Wildman–Crippen LogP) is 2.97. The Kier molecular flexibility index (Phi) is 14.2. The Balaban J connectivity index is 3.30. The van der Waals surface area contributed by atoms with Crippen LogP contribution in [0.3, 0.4) is 0 Å². The zero-order valence-corrected chi connectivity index (χ0v) is 13.6. The number of carbonyl (C=O) groups excluding carboxylic acids is 1. The zero-order chi connectivity index (χ0) is 15.9. The maximum absolute atomic E-state index is 11.3. The predicted molar refractivity (Wildman–Crippen MR) is 85.2 cm³/mol. The minimum Gasteiger partial charge on any atom is -0.393 e. The SMILES string of the molecule is CCCCCCCCCCCCCC(O)C(=O)C(O)CO. The minimum atomic E-state index is -1.44. The standard InChI is InChI=1S/C17H34O4/c1-2-3-4-5-6-7-8-9-10-11-12-13-15(19)17(21)16(20)14-18/h15-16,18-20H,2-14H2,1H3. The third-order valence-electron chi connectivity index (χ3n) is 3.91. The van der Waals surface area contributed by atoms with Crippen molar-refractivity contribution in [3.63, 3.8) is 0 Å². The van der Waals surface area contributed by atoms with Gasteiger partial charge < -0.3 is 15.3 Å². The van der Waals surface area contributed by atoms with Gasteiger partial charge >= 0.3 is 0 Å². The number of carbonyl (C=O) groups is 1. The van der Waals surface area contributed by atoms with E-state index in [1.165, 1.54) is 51.4 Å². The van der Waals surface area contributed by atoms with Gasteiger partial charge in [-0.25, -0.2) is 0 Å². The van der Waals surface area contributed by atoms with Gasteiger partial charge in [0.15, 0.2) is 5.78 Å². The molecule has 0 aliphatic heterocycles. The third kappa shape index (κ3) is 11.8. The minimum absolute atomic E-state index is 0.382. The van der Waals surface area contributed by atoms with Crippen molar-refractivity contribution in [3.05, 3.63) is 0 Å². The van der Waals surface area contributed by atoms with Crippen LogP contribution in [-0.4, -0.2) is 39.9 Å². The van der Waals surface area contributed by atoms with Gasteiger partial charge in [0.05, 0.1) is 6.61 Å². The molecular formula is C17H34O4. The number of Topliss-reactive ketones (excluding diaryl/α,β-unsaturated/α-hetero) is 1. The summed E-state index contributed by atoms with van der Waals surface area (Å²) in [5.41, 5.74) is 0. The molecule has 0 aliphatic rings. The molecule has 2 atom stereocenters. The molecule has 0 heterocycles. The Labute approximate surface area is 129 Å². The Hall–Kier alpha value is -0.450. The zero-order valence-electron chi connectivity index (χ0n) is 13.6. The smallest absolute Gasteiger partial charge is 0.191 e. The molecular weight excluding hydrogens is 268 g/mol. The van der Waals surface area contributed by atoms with Crippen LogP contribution in [0.15, 0.2) is 0 Å². The van der Waals surface area contributed by atoms with Crippen LogP contribution in [0.5, 0.6) is 0 Å². The van der Waals surface area contributed by atoms with Crippen molar-refractivity contribution in [2.75, 3.05) is 6.61 Å². The fourth-order valence-corrected chi connectivity index (χ4v) is 2.46. The molecule has 21 heavy (non-hydrogen) atoms. The second-order valence-electron chi connectivity index (χ2n) is 5.94. The summed E-state index contributed by atoms with van der Waals surface area (Å²) in [5.74, 6) is -0.662. The summed E-state index contributed by atoms with van der Waals surface area (Å²) < 4.78 is 0. The number of ketones is 1. The van der Waals surface area contributed by atoms with Crippen LogP contribution in [0, 0.1) is 0 Å². The second-order valence-corrected chi connectivity index (χ2v) is 5.94. The summed E-state index contributed by atoms with van der Waals surface area (Å²) in [6, 6.07) is 0. The monoisotopic (exact) mass is 302 g/mol. The number of hydrogen-bond donors (Lipinski definition) is 3. The summed E-state index contributed by atoms with van der Waals surface area (Å²) in [4.78, 5) is 11.3. The van der Waals surface area contributed by atoms with Gasteiger partial charge in [-0.1, -0.05) is 77.6 Å². The highest BCUT2D eigenvalue weighted by molar-refractivity contribution is 5.86. The quantitative estimate of drug-likeness (QED) is 0.406. The van der Waals surface area contributed by atoms with Crippen molar-refractivity contribution in [3.8, 4) is 0 Å². The Morgan fingerprint density at radius 1 is 0.762 bits per heavy atom. The van der Waals surface area contributed by atoms with Gasteiger partial charge in [-0.2, -0.15) is 0 Å². The molecule has 126 valence electrons. The van der Waals surface area contributed by atoms with Gasteiger partial charge in [-0.05, 0) is 6.42 Å². The van der Waals surface area contributed by atoms with E-state index in [4.69, 9.17) is 10.2 Å². The Morgan fingerprint density at radius 3 is 1.62 bits per heavy atom. The first-order chi connectivity index (χ1) is 10.1. The van der Waals surface area contributed by atoms with Crippen molar-refractivity contribution in [2.24, 2.45) is 0 Å². The molecule has 0 amide bonds. The molecule has 2 unspecified atom stereocenters. The van der Waals surface area contributed by atoms with Gasteiger partial charge in [0.1, 0.15) is 12.2 Å². The number of hydrogen-bond acceptors (Lipinski definition) is 4. The highest BCUT2D eigenvalue weighted by Crippen LogP contribution is 2.13. The first-order valence-corrected chi connectivity index (χ1v) is 8.64. The highest BCUT2D eigenvalue weighted by atomic mass is 16.3. The van der Waals surface area contributed by atoms with E-state index in [0.29, 0.717) is 6.42 Å². The molecule has 0 spiro atoms. The largest absolute Gasteiger partial charge is 0.393 e. The number of rotatable bonds is 15.